The fourth-order valence-electron chi connectivity index (χ4n) is 4.60. The van der Waals surface area contributed by atoms with Crippen molar-refractivity contribution in [2.45, 2.75) is 51.4 Å². The molecule has 2 aliphatic heterocycles. The van der Waals surface area contributed by atoms with Gasteiger partial charge in [-0.2, -0.15) is 0 Å². The van der Waals surface area contributed by atoms with Crippen molar-refractivity contribution in [1.29, 1.82) is 0 Å². The fraction of sp³-hybridized carbons (Fsp3) is 0.500. The van der Waals surface area contributed by atoms with Crippen molar-refractivity contribution >= 4 is 17.4 Å². The van der Waals surface area contributed by atoms with Crippen LogP contribution in [0.2, 0.25) is 0 Å². The number of nitrogens with one attached hydrogen (secondary N) is 1. The fourth-order valence-corrected chi connectivity index (χ4v) is 4.60. The van der Waals surface area contributed by atoms with E-state index in [9.17, 15) is 9.59 Å². The first-order valence-corrected chi connectivity index (χ1v) is 10.8. The highest BCUT2D eigenvalue weighted by Crippen LogP contribution is 2.37. The lowest BCUT2D eigenvalue weighted by molar-refractivity contribution is -0.118. The Morgan fingerprint density at radius 2 is 1.90 bits per heavy atom. The zero-order chi connectivity index (χ0) is 20.2. The van der Waals surface area contributed by atoms with E-state index in [4.69, 9.17) is 4.74 Å². The van der Waals surface area contributed by atoms with E-state index in [0.29, 0.717) is 12.8 Å². The van der Waals surface area contributed by atoms with Gasteiger partial charge in [0, 0.05) is 37.1 Å². The van der Waals surface area contributed by atoms with Gasteiger partial charge in [0.05, 0.1) is 12.8 Å². The molecule has 5 heteroatoms. The minimum atomic E-state index is 0.221. The lowest BCUT2D eigenvalue weighted by atomic mass is 9.94. The molecule has 154 valence electrons. The monoisotopic (exact) mass is 394 g/mol. The predicted octanol–water partition coefficient (Wildman–Crippen LogP) is 3.72. The number of carbonyl (C=O) groups is 2. The summed E-state index contributed by atoms with van der Waals surface area (Å²) in [5.41, 5.74) is 5.49. The summed E-state index contributed by atoms with van der Waals surface area (Å²) < 4.78 is 5.42. The number of hydrogen-bond donors (Lipinski definition) is 1. The highest BCUT2D eigenvalue weighted by molar-refractivity contribution is 6.02. The Balaban J connectivity index is 1.23. The Kier molecular flexibility index (Phi) is 6.14. The highest BCUT2D eigenvalue weighted by Gasteiger charge is 2.31. The summed E-state index contributed by atoms with van der Waals surface area (Å²) in [6.45, 7) is 2.48. The summed E-state index contributed by atoms with van der Waals surface area (Å²) in [6.07, 6.45) is 11.1. The first kappa shape index (κ1) is 19.9. The van der Waals surface area contributed by atoms with E-state index in [0.717, 1.165) is 75.2 Å². The van der Waals surface area contributed by atoms with Crippen molar-refractivity contribution in [3.63, 3.8) is 0 Å². The molecule has 0 radical (unpaired) electrons. The first-order valence-electron chi connectivity index (χ1n) is 10.8. The summed E-state index contributed by atoms with van der Waals surface area (Å²) in [5, 5.41) is 3.46. The standard InChI is InChI=1S/C24H30N2O3/c1-29-22-8-3-2-6-19(22)16-25-12-5-4-7-21(27)20-14-17-9-10-23(28)26-13-11-18(15-20)24(17)26/h6,8,14-15,25H,2-5,7,9-13,16H2,1H3. The molecule has 0 saturated carbocycles. The van der Waals surface area contributed by atoms with Gasteiger partial charge in [0.25, 0.3) is 0 Å². The second-order valence-electron chi connectivity index (χ2n) is 8.07. The number of Topliss-reactive ketones (excluding diaryl/α,β-unsaturated/α-hetero) is 1. The number of methoxy groups -OCH3 is 1. The van der Waals surface area contributed by atoms with Gasteiger partial charge in [-0.25, -0.2) is 0 Å². The van der Waals surface area contributed by atoms with Crippen LogP contribution in [0.25, 0.3) is 0 Å². The summed E-state index contributed by atoms with van der Waals surface area (Å²) in [6, 6.07) is 4.05. The normalized spacial score (nSPS) is 17.7. The van der Waals surface area contributed by atoms with Crippen LogP contribution < -0.4 is 10.2 Å². The largest absolute Gasteiger partial charge is 0.497 e. The molecule has 1 N–H and O–H groups in total. The lowest BCUT2D eigenvalue weighted by Gasteiger charge is -2.25. The number of rotatable bonds is 9. The molecule has 1 aliphatic carbocycles. The number of allylic oxidation sites excluding steroid dienone is 2. The number of anilines is 1. The van der Waals surface area contributed by atoms with Crippen molar-refractivity contribution in [1.82, 2.24) is 5.32 Å². The molecule has 1 amide bonds. The molecule has 3 aliphatic rings. The Labute approximate surface area is 172 Å². The Morgan fingerprint density at radius 3 is 2.72 bits per heavy atom. The summed E-state index contributed by atoms with van der Waals surface area (Å²) in [5.74, 6) is 1.43. The number of carbonyl (C=O) groups excluding carboxylic acids is 2. The smallest absolute Gasteiger partial charge is 0.227 e. The summed E-state index contributed by atoms with van der Waals surface area (Å²) in [4.78, 5) is 26.7. The molecule has 2 heterocycles. The van der Waals surface area contributed by atoms with Gasteiger partial charge in [-0.05, 0) is 74.4 Å². The average Bonchev–Trinajstić information content (AvgIpc) is 3.18. The molecule has 4 rings (SSSR count). The third kappa shape index (κ3) is 4.30. The molecular formula is C24H30N2O3. The molecule has 0 atom stereocenters. The van der Waals surface area contributed by atoms with Crippen LogP contribution >= 0.6 is 0 Å². The molecular weight excluding hydrogens is 364 g/mol. The summed E-state index contributed by atoms with van der Waals surface area (Å²) in [7, 11) is 1.72. The van der Waals surface area contributed by atoms with E-state index in [1.54, 1.807) is 7.11 Å². The number of unbranched alkanes of at least 4 members (excludes halogenated alkanes) is 1. The molecule has 0 bridgehead atoms. The van der Waals surface area contributed by atoms with Gasteiger partial charge < -0.3 is 15.0 Å². The van der Waals surface area contributed by atoms with Gasteiger partial charge >= 0.3 is 0 Å². The van der Waals surface area contributed by atoms with Crippen molar-refractivity contribution in [2.24, 2.45) is 0 Å². The number of ether oxygens (including phenoxy) is 1. The van der Waals surface area contributed by atoms with E-state index >= 15 is 0 Å². The van der Waals surface area contributed by atoms with Crippen LogP contribution in [0.5, 0.6) is 0 Å². The van der Waals surface area contributed by atoms with Crippen LogP contribution in [-0.4, -0.2) is 38.4 Å². The van der Waals surface area contributed by atoms with Crippen LogP contribution in [-0.2, 0) is 22.4 Å². The van der Waals surface area contributed by atoms with Gasteiger partial charge in [-0.15, -0.1) is 0 Å². The van der Waals surface area contributed by atoms with E-state index in [2.05, 4.69) is 17.5 Å². The van der Waals surface area contributed by atoms with E-state index in [-0.39, 0.29) is 11.7 Å². The molecule has 29 heavy (non-hydrogen) atoms. The number of nitrogens with zero attached hydrogens (tertiary/aromatic N) is 1. The SMILES string of the molecule is COC1=CCCC=C1CNCCCCC(=O)c1cc2c3c(c1)CCN3C(=O)CC2. The van der Waals surface area contributed by atoms with Gasteiger partial charge in [0.2, 0.25) is 5.91 Å². The van der Waals surface area contributed by atoms with Crippen LogP contribution in [0, 0.1) is 0 Å². The Morgan fingerprint density at radius 1 is 1.10 bits per heavy atom. The molecule has 0 aromatic heterocycles. The maximum Gasteiger partial charge on any atom is 0.227 e. The Bertz CT molecular complexity index is 869. The number of benzene rings is 1. The number of amides is 1. The molecule has 0 fully saturated rings. The van der Waals surface area contributed by atoms with Crippen molar-refractivity contribution in [2.75, 3.05) is 31.6 Å². The number of aryl methyl sites for hydroxylation is 1. The molecule has 1 aromatic carbocycles. The maximum absolute atomic E-state index is 12.7. The molecule has 0 unspecified atom stereocenters. The van der Waals surface area contributed by atoms with Crippen LogP contribution in [0.1, 0.15) is 60.0 Å². The second-order valence-corrected chi connectivity index (χ2v) is 8.07. The third-order valence-electron chi connectivity index (χ3n) is 6.12. The number of ketones is 1. The van der Waals surface area contributed by atoms with E-state index in [1.165, 1.54) is 16.7 Å². The number of hydrogen-bond acceptors (Lipinski definition) is 4. The molecule has 0 spiro atoms. The van der Waals surface area contributed by atoms with Crippen molar-refractivity contribution in [3.05, 3.63) is 52.3 Å². The lowest BCUT2D eigenvalue weighted by Crippen LogP contribution is -2.32. The first-order chi connectivity index (χ1) is 14.2. The van der Waals surface area contributed by atoms with Gasteiger partial charge in [0.15, 0.2) is 5.78 Å². The van der Waals surface area contributed by atoms with Gasteiger partial charge in [0.1, 0.15) is 5.76 Å². The van der Waals surface area contributed by atoms with Crippen LogP contribution in [0.15, 0.2) is 35.6 Å². The van der Waals surface area contributed by atoms with Gasteiger partial charge in [-0.1, -0.05) is 6.08 Å². The van der Waals surface area contributed by atoms with Gasteiger partial charge in [-0.3, -0.25) is 9.59 Å². The van der Waals surface area contributed by atoms with Crippen molar-refractivity contribution < 1.29 is 14.3 Å². The average molecular weight is 395 g/mol. The molecule has 5 nitrogen and oxygen atoms in total. The molecule has 0 saturated heterocycles. The zero-order valence-corrected chi connectivity index (χ0v) is 17.3. The van der Waals surface area contributed by atoms with E-state index in [1.807, 2.05) is 17.0 Å². The predicted molar refractivity (Wildman–Crippen MR) is 114 cm³/mol. The quantitative estimate of drug-likeness (QED) is 0.512. The maximum atomic E-state index is 12.7. The highest BCUT2D eigenvalue weighted by atomic mass is 16.5. The minimum Gasteiger partial charge on any atom is -0.497 e. The third-order valence-corrected chi connectivity index (χ3v) is 6.12. The van der Waals surface area contributed by atoms with E-state index < -0.39 is 0 Å². The minimum absolute atomic E-state index is 0.221. The summed E-state index contributed by atoms with van der Waals surface area (Å²) >= 11 is 0. The van der Waals surface area contributed by atoms with Crippen LogP contribution in [0.4, 0.5) is 5.69 Å². The topological polar surface area (TPSA) is 58.6 Å². The second kappa shape index (κ2) is 8.95. The van der Waals surface area contributed by atoms with Crippen LogP contribution in [0.3, 0.4) is 0 Å². The zero-order valence-electron chi connectivity index (χ0n) is 17.3. The Hall–Kier alpha value is -2.40. The molecule has 1 aromatic rings. The van der Waals surface area contributed by atoms with Crippen molar-refractivity contribution in [3.8, 4) is 0 Å².